The summed E-state index contributed by atoms with van der Waals surface area (Å²) in [5, 5.41) is 56.2. The molecule has 0 aromatic rings. The summed E-state index contributed by atoms with van der Waals surface area (Å²) >= 11 is 0. The number of nitrogens with one attached hydrogen (secondary N) is 4. The summed E-state index contributed by atoms with van der Waals surface area (Å²) in [4.78, 5) is 141. The lowest BCUT2D eigenvalue weighted by atomic mass is 9.90. The first-order valence-electron chi connectivity index (χ1n) is 32.8. The van der Waals surface area contributed by atoms with Crippen LogP contribution in [0.2, 0.25) is 0 Å². The largest absolute Gasteiger partial charge is 0.479 e. The van der Waals surface area contributed by atoms with Crippen LogP contribution in [0.15, 0.2) is 0 Å². The zero-order valence-electron chi connectivity index (χ0n) is 57.4. The van der Waals surface area contributed by atoms with Gasteiger partial charge in [0.2, 0.25) is 23.6 Å². The second-order valence-corrected chi connectivity index (χ2v) is 27.8. The predicted molar refractivity (Wildman–Crippen MR) is 344 cm³/mol. The SMILES string of the molecule is C.CC(C)CCNC(=O)[C@@H](CC(=O)[C@H]1O[C@@H]1C(=O)O)CC(C)C.CC(C)C[C@H](CC(=O)[C@H]1O[C@@H]1C(=O)O)C(=O)NCCC(C)(C)O.CC(C)C[C@H](CC(=O)[C@H]1O[C@@H]1C(=O)O)C(=O)NCC[C@H](C)CO.CCOC(=O)[C@H]1O[C@@H]1C(=O)C[C@@H](CC(C)C)C(=O)NCCC(C)C. The van der Waals surface area contributed by atoms with E-state index in [1.165, 1.54) is 0 Å². The fourth-order valence-corrected chi connectivity index (χ4v) is 9.81. The lowest BCUT2D eigenvalue weighted by molar-refractivity contribution is -0.145. The van der Waals surface area contributed by atoms with Gasteiger partial charge in [-0.3, -0.25) is 38.4 Å². The number of esters is 1. The van der Waals surface area contributed by atoms with Gasteiger partial charge in [0.1, 0.15) is 0 Å². The van der Waals surface area contributed by atoms with Crippen molar-refractivity contribution in [2.45, 2.75) is 250 Å². The fraction of sp³-hybridized carbons (Fsp3) is 0.821. The summed E-state index contributed by atoms with van der Waals surface area (Å²) in [6, 6.07) is 0. The number of aliphatic hydroxyl groups is 2. The minimum atomic E-state index is -1.15. The number of ketones is 4. The van der Waals surface area contributed by atoms with Crippen molar-refractivity contribution in [1.29, 1.82) is 0 Å². The number of carboxylic acid groups (broad SMARTS) is 3. The van der Waals surface area contributed by atoms with E-state index in [4.69, 9.17) is 44.1 Å². The second-order valence-electron chi connectivity index (χ2n) is 27.8. The first-order chi connectivity index (χ1) is 42.7. The van der Waals surface area contributed by atoms with Gasteiger partial charge < -0.3 is 70.5 Å². The standard InChI is InChI=1S/C18H31NO5.2C16H27NO6.C16H27NO5.CH4/c1-6-23-18(22)16-15(24-16)14(20)10-13(9-12(4)5)17(21)19-8-7-11(2)3;1-9(2)7-10(14(19)17-6-5-16(3,4)22)8-11(18)12-13(23-12)15(20)21;1-9(2)6-11(15(20)17-5-4-10(3)8-18)7-12(19)13-14(23-13)16(21)22;1-9(2)5-6-17-15(19)11(7-10(3)4)8-12(18)13-14(22-13)16(20)21;/h11-13,15-16H,6-10H2,1-5H3,(H,19,21);9-10,12-13,22H,5-8H2,1-4H3,(H,17,19)(H,20,21);9-11,13-14,18H,4-8H2,1-3H3,(H,17,20)(H,21,22);9-11,13-14H,5-8H2,1-4H3,(H,17,19)(H,20,21);1H4/t13-,15-,16+;10-,12-,13+;10-,11+,13+,14-;11-,13-,14+;/m1101./s1. The summed E-state index contributed by atoms with van der Waals surface area (Å²) in [5.74, 6) is -5.38. The Hall–Kier alpha value is -5.80. The zero-order chi connectivity index (χ0) is 70.5. The van der Waals surface area contributed by atoms with Crippen molar-refractivity contribution in [2.75, 3.05) is 39.4 Å². The highest BCUT2D eigenvalue weighted by Gasteiger charge is 2.54. The Kier molecular flexibility index (Phi) is 40.6. The van der Waals surface area contributed by atoms with E-state index in [1.54, 1.807) is 20.8 Å². The van der Waals surface area contributed by atoms with Crippen LogP contribution in [-0.2, 0) is 81.2 Å². The molecule has 13 atom stereocenters. The molecule has 0 aliphatic carbocycles. The van der Waals surface area contributed by atoms with E-state index in [-0.39, 0.29) is 123 Å². The molecule has 9 N–H and O–H groups in total. The third-order valence-corrected chi connectivity index (χ3v) is 15.1. The normalized spacial score (nSPS) is 21.5. The number of epoxide rings is 4. The Morgan fingerprint density at radius 2 is 0.667 bits per heavy atom. The maximum atomic E-state index is 12.4. The van der Waals surface area contributed by atoms with Crippen molar-refractivity contribution in [1.82, 2.24) is 21.3 Å². The highest BCUT2D eigenvalue weighted by Crippen LogP contribution is 2.32. The molecule has 0 bridgehead atoms. The molecule has 4 aliphatic rings. The van der Waals surface area contributed by atoms with Crippen LogP contribution in [0, 0.1) is 65.1 Å². The first kappa shape index (κ1) is 87.2. The summed E-state index contributed by atoms with van der Waals surface area (Å²) in [6.07, 6.45) is -2.11. The van der Waals surface area contributed by atoms with Crippen LogP contribution >= 0.6 is 0 Å². The van der Waals surface area contributed by atoms with Gasteiger partial charge in [0, 0.05) is 82.1 Å². The van der Waals surface area contributed by atoms with Gasteiger partial charge in [-0.15, -0.1) is 0 Å². The van der Waals surface area contributed by atoms with Crippen molar-refractivity contribution in [3.05, 3.63) is 0 Å². The number of ether oxygens (including phenoxy) is 5. The van der Waals surface area contributed by atoms with E-state index >= 15 is 0 Å². The summed E-state index contributed by atoms with van der Waals surface area (Å²) in [6.45, 7) is 33.4. The van der Waals surface area contributed by atoms with Crippen LogP contribution in [-0.4, -0.2) is 190 Å². The van der Waals surface area contributed by atoms with E-state index in [1.807, 2.05) is 62.3 Å². The average Bonchev–Trinajstić information content (AvgIpc) is 1.69. The average molecular weight is 1330 g/mol. The van der Waals surface area contributed by atoms with Crippen molar-refractivity contribution in [3.63, 3.8) is 0 Å². The van der Waals surface area contributed by atoms with E-state index in [9.17, 15) is 62.6 Å². The molecule has 4 rings (SSSR count). The van der Waals surface area contributed by atoms with Crippen LogP contribution in [0.25, 0.3) is 0 Å². The number of hydrogen-bond acceptors (Lipinski definition) is 19. The fourth-order valence-electron chi connectivity index (χ4n) is 9.81. The minimum Gasteiger partial charge on any atom is -0.479 e. The Bertz CT molecular complexity index is 2400. The maximum absolute atomic E-state index is 12.4. The molecule has 4 heterocycles. The monoisotopic (exact) mass is 1330 g/mol. The molecule has 0 aromatic heterocycles. The summed E-state index contributed by atoms with van der Waals surface area (Å²) < 4.78 is 24.5. The number of amides is 4. The number of Topliss-reactive ketones (excluding diaryl/α,β-unsaturated/α-hetero) is 4. The molecule has 4 fully saturated rings. The van der Waals surface area contributed by atoms with Crippen molar-refractivity contribution < 1.29 is 107 Å². The van der Waals surface area contributed by atoms with Crippen molar-refractivity contribution in [2.24, 2.45) is 65.1 Å². The van der Waals surface area contributed by atoms with Gasteiger partial charge in [0.05, 0.1) is 12.2 Å². The topological polar surface area (TPSA) is 413 Å². The van der Waals surface area contributed by atoms with Gasteiger partial charge in [-0.2, -0.15) is 0 Å². The van der Waals surface area contributed by atoms with E-state index in [2.05, 4.69) is 49.0 Å². The molecular weight excluding hydrogens is 1210 g/mol. The zero-order valence-corrected chi connectivity index (χ0v) is 57.4. The number of carbonyl (C=O) groups excluding carboxylic acids is 9. The lowest BCUT2D eigenvalue weighted by Gasteiger charge is -2.20. The molecule has 4 amide bonds. The molecule has 0 radical (unpaired) electrons. The molecule has 4 aliphatic heterocycles. The van der Waals surface area contributed by atoms with E-state index in [0.717, 1.165) is 12.8 Å². The van der Waals surface area contributed by atoms with Gasteiger partial charge in [-0.05, 0) is 114 Å². The Morgan fingerprint density at radius 1 is 0.409 bits per heavy atom. The summed E-state index contributed by atoms with van der Waals surface area (Å²) in [7, 11) is 0. The van der Waals surface area contributed by atoms with Crippen molar-refractivity contribution in [3.8, 4) is 0 Å². The molecule has 536 valence electrons. The van der Waals surface area contributed by atoms with Gasteiger partial charge in [-0.25, -0.2) is 19.2 Å². The number of carbonyl (C=O) groups is 12. The smallest absolute Gasteiger partial charge is 0.338 e. The molecule has 26 nitrogen and oxygen atoms in total. The quantitative estimate of drug-likeness (QED) is 0.0262. The van der Waals surface area contributed by atoms with Gasteiger partial charge in [-0.1, -0.05) is 97.4 Å². The van der Waals surface area contributed by atoms with Crippen LogP contribution in [0.1, 0.15) is 195 Å². The predicted octanol–water partition coefficient (Wildman–Crippen LogP) is 5.69. The molecule has 0 saturated carbocycles. The highest BCUT2D eigenvalue weighted by molar-refractivity contribution is 5.98. The first-order valence-corrected chi connectivity index (χ1v) is 32.8. The van der Waals surface area contributed by atoms with Gasteiger partial charge in [0.15, 0.2) is 72.0 Å². The third-order valence-electron chi connectivity index (χ3n) is 15.1. The maximum Gasteiger partial charge on any atom is 0.338 e. The van der Waals surface area contributed by atoms with Crippen LogP contribution < -0.4 is 21.3 Å². The number of aliphatic carboxylic acids is 3. The molecule has 0 spiro atoms. The molecule has 0 aromatic carbocycles. The van der Waals surface area contributed by atoms with E-state index in [0.29, 0.717) is 82.5 Å². The number of carboxylic acids is 3. The Morgan fingerprint density at radius 3 is 0.892 bits per heavy atom. The molecular formula is C67H116N4O22. The second kappa shape index (κ2) is 43.3. The van der Waals surface area contributed by atoms with Crippen molar-refractivity contribution >= 4 is 70.6 Å². The number of aliphatic hydroxyl groups excluding tert-OH is 1. The Balaban J connectivity index is 0.00000121. The van der Waals surface area contributed by atoms with Crippen LogP contribution in [0.3, 0.4) is 0 Å². The van der Waals surface area contributed by atoms with E-state index < -0.39 is 96.1 Å². The number of rotatable bonds is 42. The van der Waals surface area contributed by atoms with Gasteiger partial charge in [0.25, 0.3) is 0 Å². The Labute approximate surface area is 551 Å². The number of hydrogen-bond donors (Lipinski definition) is 9. The molecule has 4 saturated heterocycles. The van der Waals surface area contributed by atoms with Crippen LogP contribution in [0.5, 0.6) is 0 Å². The molecule has 93 heavy (non-hydrogen) atoms. The third kappa shape index (κ3) is 37.2. The minimum absolute atomic E-state index is 0. The molecule has 0 unspecified atom stereocenters. The highest BCUT2D eigenvalue weighted by atomic mass is 16.6. The lowest BCUT2D eigenvalue weighted by Crippen LogP contribution is -2.36. The summed E-state index contributed by atoms with van der Waals surface area (Å²) in [5.41, 5.74) is -0.868. The van der Waals surface area contributed by atoms with Crippen LogP contribution in [0.4, 0.5) is 0 Å². The van der Waals surface area contributed by atoms with Gasteiger partial charge >= 0.3 is 23.9 Å². The molecule has 26 heteroatoms.